The van der Waals surface area contributed by atoms with Crippen molar-refractivity contribution in [1.29, 1.82) is 0 Å². The number of rotatable bonds is 21. The zero-order chi connectivity index (χ0) is 33.1. The largest absolute Gasteiger partial charge is 0.456 e. The molecule has 6 atom stereocenters. The van der Waals surface area contributed by atoms with Crippen molar-refractivity contribution in [2.24, 2.45) is 17.3 Å². The minimum atomic E-state index is -2.05. The van der Waals surface area contributed by atoms with Gasteiger partial charge in [0.05, 0.1) is 12.2 Å². The monoisotopic (exact) mass is 630 g/mol. The van der Waals surface area contributed by atoms with Crippen LogP contribution in [0.3, 0.4) is 0 Å². The molecule has 0 amide bonds. The van der Waals surface area contributed by atoms with E-state index in [2.05, 4.69) is 69.2 Å². The third-order valence-electron chi connectivity index (χ3n) is 10.5. The maximum absolute atomic E-state index is 13.7. The third-order valence-corrected chi connectivity index (χ3v) is 19.7. The summed E-state index contributed by atoms with van der Waals surface area (Å²) in [6.45, 7) is 31.2. The number of carbonyl (C=O) groups is 1. The van der Waals surface area contributed by atoms with Gasteiger partial charge in [-0.05, 0) is 92.9 Å². The number of esters is 1. The van der Waals surface area contributed by atoms with Gasteiger partial charge in [0.25, 0.3) is 0 Å². The predicted molar refractivity (Wildman–Crippen MR) is 183 cm³/mol. The van der Waals surface area contributed by atoms with E-state index in [1.54, 1.807) is 0 Å². The van der Waals surface area contributed by atoms with E-state index in [-0.39, 0.29) is 18.0 Å². The van der Waals surface area contributed by atoms with Gasteiger partial charge >= 0.3 is 5.97 Å². The van der Waals surface area contributed by atoms with E-state index in [1.165, 1.54) is 0 Å². The predicted octanol–water partition coefficient (Wildman–Crippen LogP) is 8.88. The van der Waals surface area contributed by atoms with E-state index in [0.29, 0.717) is 11.5 Å². The van der Waals surface area contributed by atoms with Crippen LogP contribution in [0.15, 0.2) is 11.1 Å². The lowest BCUT2D eigenvalue weighted by Crippen LogP contribution is -2.52. The first kappa shape index (κ1) is 41.5. The molecule has 0 radical (unpaired) electrons. The molecule has 42 heavy (non-hydrogen) atoms. The topological polar surface area (TPSA) is 85.2 Å². The molecule has 0 fully saturated rings. The Morgan fingerprint density at radius 3 is 1.55 bits per heavy atom. The minimum absolute atomic E-state index is 0.0378. The molecule has 0 aliphatic heterocycles. The summed E-state index contributed by atoms with van der Waals surface area (Å²) in [7, 11) is -3.95. The number of ether oxygens (including phenoxy) is 1. The molecule has 250 valence electrons. The molecule has 0 aromatic carbocycles. The van der Waals surface area contributed by atoms with Gasteiger partial charge in [-0.1, -0.05) is 83.1 Å². The Morgan fingerprint density at radius 2 is 1.17 bits per heavy atom. The number of hydrogen-bond donors (Lipinski definition) is 2. The van der Waals surface area contributed by atoms with E-state index in [4.69, 9.17) is 13.6 Å². The summed E-state index contributed by atoms with van der Waals surface area (Å²) in [5, 5.41) is 22.9. The Balaban J connectivity index is 6.07. The summed E-state index contributed by atoms with van der Waals surface area (Å²) in [5.74, 6) is 0.150. The molecular formula is C34H70O6Si2. The Labute approximate surface area is 262 Å². The van der Waals surface area contributed by atoms with Gasteiger partial charge in [-0.3, -0.25) is 0 Å². The van der Waals surface area contributed by atoms with E-state index in [0.717, 1.165) is 54.7 Å². The molecule has 0 rings (SSSR count). The lowest BCUT2D eigenvalue weighted by molar-refractivity contribution is -0.158. The molecule has 0 aromatic heterocycles. The minimum Gasteiger partial charge on any atom is -0.456 e. The van der Waals surface area contributed by atoms with Crippen molar-refractivity contribution in [3.63, 3.8) is 0 Å². The summed E-state index contributed by atoms with van der Waals surface area (Å²) in [6, 6.07) is 5.99. The number of hydrogen-bond acceptors (Lipinski definition) is 6. The molecule has 0 aromatic rings. The van der Waals surface area contributed by atoms with E-state index >= 15 is 0 Å². The highest BCUT2D eigenvalue weighted by atomic mass is 28.4. The molecule has 2 N–H and O–H groups in total. The van der Waals surface area contributed by atoms with Gasteiger partial charge in [-0.2, -0.15) is 0 Å². The van der Waals surface area contributed by atoms with Crippen molar-refractivity contribution >= 4 is 22.6 Å². The van der Waals surface area contributed by atoms with Crippen molar-refractivity contribution in [3.05, 3.63) is 11.1 Å². The van der Waals surface area contributed by atoms with Crippen LogP contribution in [0.2, 0.25) is 36.3 Å². The lowest BCUT2D eigenvalue weighted by atomic mass is 9.75. The first-order chi connectivity index (χ1) is 19.4. The molecule has 8 heteroatoms. The fourth-order valence-corrected chi connectivity index (χ4v) is 12.3. The van der Waals surface area contributed by atoms with Crippen LogP contribution in [-0.4, -0.2) is 63.3 Å². The summed E-state index contributed by atoms with van der Waals surface area (Å²) in [6.07, 6.45) is -1.84. The first-order valence-corrected chi connectivity index (χ1v) is 22.1. The van der Waals surface area contributed by atoms with Crippen molar-refractivity contribution in [1.82, 2.24) is 0 Å². The Morgan fingerprint density at radius 1 is 0.738 bits per heavy atom. The van der Waals surface area contributed by atoms with Gasteiger partial charge in [0.1, 0.15) is 18.3 Å². The van der Waals surface area contributed by atoms with Crippen LogP contribution in [0.25, 0.3) is 0 Å². The van der Waals surface area contributed by atoms with Crippen molar-refractivity contribution in [3.8, 4) is 0 Å². The fourth-order valence-electron chi connectivity index (χ4n) is 6.31. The molecule has 2 unspecified atom stereocenters. The Hall–Kier alpha value is -0.516. The van der Waals surface area contributed by atoms with Crippen LogP contribution in [0.5, 0.6) is 0 Å². The van der Waals surface area contributed by atoms with E-state index < -0.39 is 46.5 Å². The summed E-state index contributed by atoms with van der Waals surface area (Å²) >= 11 is 0. The highest BCUT2D eigenvalue weighted by molar-refractivity contribution is 6.74. The average molecular weight is 631 g/mol. The highest BCUT2D eigenvalue weighted by Crippen LogP contribution is 2.38. The number of aliphatic hydroxyl groups excluding tert-OH is 2. The van der Waals surface area contributed by atoms with Crippen LogP contribution in [0.1, 0.15) is 117 Å². The third kappa shape index (κ3) is 10.8. The maximum atomic E-state index is 13.7. The maximum Gasteiger partial charge on any atom is 0.334 e. The normalized spacial score (nSPS) is 18.2. The summed E-state index contributed by atoms with van der Waals surface area (Å²) in [4.78, 5) is 13.7. The second kappa shape index (κ2) is 18.5. The second-order valence-corrected chi connectivity index (χ2v) is 23.2. The van der Waals surface area contributed by atoms with E-state index in [1.807, 2.05) is 34.6 Å². The SMILES string of the molecule is CCC(O[Si](CC)(CC)CC)C(C)(C)[C@@H](O)[C@@H](O)/C(C)=C(\C)[C@H](C)OC(=O)C(O[Si](CC)(CC)CC)[C@@H](C)CC(C)C. The molecule has 0 bridgehead atoms. The van der Waals surface area contributed by atoms with Crippen LogP contribution < -0.4 is 0 Å². The molecule has 0 spiro atoms. The van der Waals surface area contributed by atoms with Crippen LogP contribution in [0, 0.1) is 17.3 Å². The zero-order valence-electron chi connectivity index (χ0n) is 30.2. The van der Waals surface area contributed by atoms with Gasteiger partial charge in [0.2, 0.25) is 0 Å². The van der Waals surface area contributed by atoms with Crippen molar-refractivity contribution < 1.29 is 28.6 Å². The average Bonchev–Trinajstić information content (AvgIpc) is 2.96. The van der Waals surface area contributed by atoms with Crippen molar-refractivity contribution in [2.45, 2.75) is 183 Å². The molecule has 0 aliphatic carbocycles. The molecule has 0 saturated carbocycles. The second-order valence-electron chi connectivity index (χ2n) is 13.8. The van der Waals surface area contributed by atoms with E-state index in [9.17, 15) is 15.0 Å². The molecule has 0 saturated heterocycles. The number of aliphatic hydroxyl groups is 2. The number of carbonyl (C=O) groups excluding carboxylic acids is 1. The zero-order valence-corrected chi connectivity index (χ0v) is 32.2. The Bertz CT molecular complexity index is 802. The van der Waals surface area contributed by atoms with Crippen LogP contribution in [0.4, 0.5) is 0 Å². The summed E-state index contributed by atoms with van der Waals surface area (Å²) in [5.41, 5.74) is 0.703. The van der Waals surface area contributed by atoms with Crippen LogP contribution >= 0.6 is 0 Å². The molecule has 6 nitrogen and oxygen atoms in total. The summed E-state index contributed by atoms with van der Waals surface area (Å²) < 4.78 is 19.6. The standard InChI is InChI=1S/C34H70O6Si2/c1-16-29(39-41(17-2,18-3)19-4)34(14,15)32(36)30(35)27(12)26(11)28(13)38-33(37)31(25(10)23-24(8)9)40-42(20-5,21-6)22-7/h24-25,28-32,35-36H,16-23H2,1-15H3/b27-26+/t25-,28-,29?,30-,31?,32-/m0/s1. The first-order valence-electron chi connectivity index (χ1n) is 17.0. The van der Waals surface area contributed by atoms with Gasteiger partial charge in [0.15, 0.2) is 16.6 Å². The lowest BCUT2D eigenvalue weighted by Gasteiger charge is -2.44. The van der Waals surface area contributed by atoms with Gasteiger partial charge in [-0.15, -0.1) is 0 Å². The molecule has 0 heterocycles. The van der Waals surface area contributed by atoms with Gasteiger partial charge in [-0.25, -0.2) is 4.79 Å². The smallest absolute Gasteiger partial charge is 0.334 e. The highest BCUT2D eigenvalue weighted by Gasteiger charge is 2.45. The fraction of sp³-hybridized carbons (Fsp3) is 0.912. The quantitative estimate of drug-likeness (QED) is 0.0749. The molecule has 0 aliphatic rings. The van der Waals surface area contributed by atoms with Crippen molar-refractivity contribution in [2.75, 3.05) is 0 Å². The van der Waals surface area contributed by atoms with Gasteiger partial charge < -0.3 is 23.8 Å². The Kier molecular flexibility index (Phi) is 18.2. The van der Waals surface area contributed by atoms with Gasteiger partial charge in [0, 0.05) is 5.41 Å². The van der Waals surface area contributed by atoms with Crippen LogP contribution in [-0.2, 0) is 18.4 Å². The molecular weight excluding hydrogens is 561 g/mol.